The topological polar surface area (TPSA) is 61.4 Å². The van der Waals surface area contributed by atoms with E-state index in [-0.39, 0.29) is 23.8 Å². The second-order valence-corrected chi connectivity index (χ2v) is 10.2. The summed E-state index contributed by atoms with van der Waals surface area (Å²) >= 11 is 2.03. The summed E-state index contributed by atoms with van der Waals surface area (Å²) in [7, 11) is 0. The van der Waals surface area contributed by atoms with Crippen LogP contribution >= 0.6 is 11.8 Å². The van der Waals surface area contributed by atoms with Crippen LogP contribution in [0.5, 0.6) is 0 Å². The molecule has 2 aromatic carbocycles. The Hall–Kier alpha value is -2.31. The molecule has 2 N–H and O–H groups in total. The van der Waals surface area contributed by atoms with Gasteiger partial charge in [0.2, 0.25) is 5.91 Å². The lowest BCUT2D eigenvalue weighted by Crippen LogP contribution is -2.34. The van der Waals surface area contributed by atoms with Gasteiger partial charge >= 0.3 is 0 Å². The summed E-state index contributed by atoms with van der Waals surface area (Å²) in [6.45, 7) is 9.76. The summed E-state index contributed by atoms with van der Waals surface area (Å²) in [4.78, 5) is 27.0. The van der Waals surface area contributed by atoms with Crippen molar-refractivity contribution >= 4 is 29.3 Å². The predicted molar refractivity (Wildman–Crippen MR) is 130 cm³/mol. The molecule has 1 saturated heterocycles. The molecule has 0 spiro atoms. The van der Waals surface area contributed by atoms with Gasteiger partial charge in [0.05, 0.1) is 6.54 Å². The summed E-state index contributed by atoms with van der Waals surface area (Å²) in [6, 6.07) is 15.5. The minimum absolute atomic E-state index is 0.0388. The van der Waals surface area contributed by atoms with Crippen LogP contribution in [0.3, 0.4) is 0 Å². The number of carbonyl (C=O) groups excluding carboxylic acids is 2. The second-order valence-electron chi connectivity index (χ2n) is 8.96. The molecule has 0 radical (unpaired) electrons. The number of amides is 2. The van der Waals surface area contributed by atoms with Gasteiger partial charge in [-0.05, 0) is 47.2 Å². The van der Waals surface area contributed by atoms with Crippen LogP contribution in [-0.2, 0) is 16.6 Å². The molecule has 31 heavy (non-hydrogen) atoms. The number of nitrogens with zero attached hydrogens (tertiary/aromatic N) is 1. The molecule has 166 valence electrons. The van der Waals surface area contributed by atoms with Crippen LogP contribution in [0.15, 0.2) is 48.5 Å². The SMILES string of the molecule is CC(C)(C)c1ccc(C(=O)NCC(=O)Nc2ccc(CCN3CCSCC3)cc2)cc1. The van der Waals surface area contributed by atoms with Gasteiger partial charge < -0.3 is 15.5 Å². The van der Waals surface area contributed by atoms with Crippen molar-refractivity contribution in [2.75, 3.05) is 43.0 Å². The van der Waals surface area contributed by atoms with Crippen LogP contribution in [0, 0.1) is 0 Å². The zero-order valence-corrected chi connectivity index (χ0v) is 19.6. The Balaban J connectivity index is 1.42. The van der Waals surface area contributed by atoms with Crippen molar-refractivity contribution in [2.45, 2.75) is 32.6 Å². The van der Waals surface area contributed by atoms with E-state index >= 15 is 0 Å². The zero-order chi connectivity index (χ0) is 22.3. The van der Waals surface area contributed by atoms with Gasteiger partial charge in [0.25, 0.3) is 5.91 Å². The van der Waals surface area contributed by atoms with E-state index in [1.807, 2.05) is 36.0 Å². The quantitative estimate of drug-likeness (QED) is 0.686. The fourth-order valence-corrected chi connectivity index (χ4v) is 4.43. The molecule has 3 rings (SSSR count). The number of thioether (sulfide) groups is 1. The van der Waals surface area contributed by atoms with E-state index in [2.05, 4.69) is 48.4 Å². The average molecular weight is 440 g/mol. The number of hydrogen-bond acceptors (Lipinski definition) is 4. The fraction of sp³-hybridized carbons (Fsp3) is 0.440. The van der Waals surface area contributed by atoms with Crippen LogP contribution in [0.25, 0.3) is 0 Å². The standard InChI is InChI=1S/C25H33N3O2S/c1-25(2,3)21-8-6-20(7-9-21)24(30)26-18-23(29)27-22-10-4-19(5-11-22)12-13-28-14-16-31-17-15-28/h4-11H,12-18H2,1-3H3,(H,26,30)(H,27,29). The first-order chi connectivity index (χ1) is 14.8. The number of hydrogen-bond donors (Lipinski definition) is 2. The average Bonchev–Trinajstić information content (AvgIpc) is 2.77. The van der Waals surface area contributed by atoms with E-state index in [1.165, 1.54) is 35.7 Å². The van der Waals surface area contributed by atoms with Crippen molar-refractivity contribution in [3.8, 4) is 0 Å². The molecule has 2 amide bonds. The van der Waals surface area contributed by atoms with Crippen molar-refractivity contribution in [2.24, 2.45) is 0 Å². The Morgan fingerprint density at radius 1 is 0.968 bits per heavy atom. The van der Waals surface area contributed by atoms with Crippen molar-refractivity contribution in [3.63, 3.8) is 0 Å². The molecule has 5 nitrogen and oxygen atoms in total. The lowest BCUT2D eigenvalue weighted by atomic mass is 9.87. The maximum absolute atomic E-state index is 12.3. The molecule has 0 saturated carbocycles. The largest absolute Gasteiger partial charge is 0.343 e. The van der Waals surface area contributed by atoms with Gasteiger partial charge in [-0.3, -0.25) is 9.59 Å². The van der Waals surface area contributed by atoms with Crippen LogP contribution < -0.4 is 10.6 Å². The molecule has 0 aromatic heterocycles. The number of rotatable bonds is 7. The van der Waals surface area contributed by atoms with Gasteiger partial charge in [0.1, 0.15) is 0 Å². The summed E-state index contributed by atoms with van der Waals surface area (Å²) in [5.74, 6) is 1.97. The van der Waals surface area contributed by atoms with Gasteiger partial charge in [-0.1, -0.05) is 45.0 Å². The molecular weight excluding hydrogens is 406 g/mol. The monoisotopic (exact) mass is 439 g/mol. The Bertz CT molecular complexity index is 867. The highest BCUT2D eigenvalue weighted by Crippen LogP contribution is 2.22. The minimum Gasteiger partial charge on any atom is -0.343 e. The van der Waals surface area contributed by atoms with Gasteiger partial charge in [-0.2, -0.15) is 11.8 Å². The Kier molecular flexibility index (Phi) is 8.15. The normalized spacial score (nSPS) is 14.8. The molecule has 6 heteroatoms. The van der Waals surface area contributed by atoms with E-state index in [4.69, 9.17) is 0 Å². The molecule has 1 aliphatic rings. The van der Waals surface area contributed by atoms with E-state index < -0.39 is 0 Å². The van der Waals surface area contributed by atoms with Crippen molar-refractivity contribution in [1.82, 2.24) is 10.2 Å². The summed E-state index contributed by atoms with van der Waals surface area (Å²) in [6.07, 6.45) is 1.02. The zero-order valence-electron chi connectivity index (χ0n) is 18.7. The molecule has 0 unspecified atom stereocenters. The van der Waals surface area contributed by atoms with Crippen LogP contribution in [0.1, 0.15) is 42.3 Å². The third-order valence-electron chi connectivity index (χ3n) is 5.48. The van der Waals surface area contributed by atoms with Crippen molar-refractivity contribution in [3.05, 3.63) is 65.2 Å². The Labute approximate surface area is 190 Å². The van der Waals surface area contributed by atoms with E-state index in [1.54, 1.807) is 12.1 Å². The maximum atomic E-state index is 12.3. The first kappa shape index (κ1) is 23.4. The first-order valence-electron chi connectivity index (χ1n) is 10.9. The smallest absolute Gasteiger partial charge is 0.251 e. The number of benzene rings is 2. The Morgan fingerprint density at radius 2 is 1.61 bits per heavy atom. The molecule has 1 heterocycles. The molecule has 1 fully saturated rings. The van der Waals surface area contributed by atoms with E-state index in [0.29, 0.717) is 5.56 Å². The molecule has 2 aromatic rings. The van der Waals surface area contributed by atoms with E-state index in [0.717, 1.165) is 18.7 Å². The molecule has 0 bridgehead atoms. The fourth-order valence-electron chi connectivity index (χ4n) is 3.46. The van der Waals surface area contributed by atoms with Gasteiger partial charge in [-0.25, -0.2) is 0 Å². The van der Waals surface area contributed by atoms with Crippen LogP contribution in [0.4, 0.5) is 5.69 Å². The van der Waals surface area contributed by atoms with Crippen molar-refractivity contribution in [1.29, 1.82) is 0 Å². The van der Waals surface area contributed by atoms with E-state index in [9.17, 15) is 9.59 Å². The summed E-state index contributed by atoms with van der Waals surface area (Å²) < 4.78 is 0. The van der Waals surface area contributed by atoms with Crippen LogP contribution in [-0.4, -0.2) is 54.4 Å². The number of carbonyl (C=O) groups is 2. The molecule has 1 aliphatic heterocycles. The lowest BCUT2D eigenvalue weighted by molar-refractivity contribution is -0.115. The molecule has 0 aliphatic carbocycles. The minimum atomic E-state index is -0.248. The predicted octanol–water partition coefficient (Wildman–Crippen LogP) is 3.94. The van der Waals surface area contributed by atoms with Crippen molar-refractivity contribution < 1.29 is 9.59 Å². The summed E-state index contributed by atoms with van der Waals surface area (Å²) in [5, 5.41) is 5.53. The molecular formula is C25H33N3O2S. The summed E-state index contributed by atoms with van der Waals surface area (Å²) in [5.41, 5.74) is 3.77. The Morgan fingerprint density at radius 3 is 2.23 bits per heavy atom. The number of anilines is 1. The third-order valence-corrected chi connectivity index (χ3v) is 6.42. The van der Waals surface area contributed by atoms with Gasteiger partial charge in [0, 0.05) is 42.4 Å². The highest BCUT2D eigenvalue weighted by molar-refractivity contribution is 7.99. The highest BCUT2D eigenvalue weighted by Gasteiger charge is 2.15. The van der Waals surface area contributed by atoms with Gasteiger partial charge in [-0.15, -0.1) is 0 Å². The van der Waals surface area contributed by atoms with Gasteiger partial charge in [0.15, 0.2) is 0 Å². The highest BCUT2D eigenvalue weighted by atomic mass is 32.2. The third kappa shape index (κ3) is 7.40. The van der Waals surface area contributed by atoms with Crippen LogP contribution in [0.2, 0.25) is 0 Å². The second kappa shape index (κ2) is 10.8. The molecule has 0 atom stereocenters. The number of nitrogens with one attached hydrogen (secondary N) is 2. The first-order valence-corrected chi connectivity index (χ1v) is 12.0. The lowest BCUT2D eigenvalue weighted by Gasteiger charge is -2.26. The maximum Gasteiger partial charge on any atom is 0.251 e.